The number of aromatic nitrogens is 2. The molecule has 0 aliphatic carbocycles. The summed E-state index contributed by atoms with van der Waals surface area (Å²) in [6, 6.07) is 19.1. The van der Waals surface area contributed by atoms with Crippen molar-refractivity contribution < 1.29 is 0 Å². The van der Waals surface area contributed by atoms with Crippen LogP contribution in [0.3, 0.4) is 0 Å². The number of thiophene rings is 1. The largest absolute Gasteiger partial charge is 0.375 e. The summed E-state index contributed by atoms with van der Waals surface area (Å²) < 4.78 is 0. The molecule has 3 heterocycles. The first-order chi connectivity index (χ1) is 16.5. The second kappa shape index (κ2) is 9.60. The molecule has 2 N–H and O–H groups in total. The van der Waals surface area contributed by atoms with Gasteiger partial charge in [-0.15, -0.1) is 11.3 Å². The molecule has 1 aliphatic rings. The monoisotopic (exact) mass is 473 g/mol. The van der Waals surface area contributed by atoms with E-state index in [2.05, 4.69) is 74.7 Å². The Hall–Kier alpha value is -3.16. The maximum Gasteiger partial charge on any atom is 0.259 e. The van der Waals surface area contributed by atoms with Crippen LogP contribution in [0.4, 0.5) is 11.4 Å². The van der Waals surface area contributed by atoms with Gasteiger partial charge in [-0.25, -0.2) is 4.98 Å². The smallest absolute Gasteiger partial charge is 0.259 e. The molecule has 0 amide bonds. The molecule has 0 radical (unpaired) electrons. The fourth-order valence-corrected chi connectivity index (χ4v) is 5.61. The van der Waals surface area contributed by atoms with Gasteiger partial charge in [-0.3, -0.25) is 9.69 Å². The number of nitrogens with zero attached hydrogens (tertiary/aromatic N) is 3. The SMILES string of the molecule is Cc1sc2nc(C(C)Nc3ccc(N4CCN(Cc5ccccc5)CC4)cc3)[nH]c(=O)c2c1C. The lowest BCUT2D eigenvalue weighted by atomic mass is 10.2. The van der Waals surface area contributed by atoms with Gasteiger partial charge in [0.05, 0.1) is 11.4 Å². The van der Waals surface area contributed by atoms with E-state index in [0.717, 1.165) is 53.7 Å². The lowest BCUT2D eigenvalue weighted by Crippen LogP contribution is -2.45. The third kappa shape index (κ3) is 4.72. The normalized spacial score (nSPS) is 15.6. The Labute approximate surface area is 204 Å². The zero-order valence-electron chi connectivity index (χ0n) is 20.0. The zero-order chi connectivity index (χ0) is 23.7. The van der Waals surface area contributed by atoms with Crippen molar-refractivity contribution in [3.63, 3.8) is 0 Å². The van der Waals surface area contributed by atoms with Crippen LogP contribution in [-0.4, -0.2) is 41.0 Å². The summed E-state index contributed by atoms with van der Waals surface area (Å²) in [5.41, 5.74) is 4.60. The molecule has 34 heavy (non-hydrogen) atoms. The van der Waals surface area contributed by atoms with Crippen molar-refractivity contribution in [1.82, 2.24) is 14.9 Å². The van der Waals surface area contributed by atoms with E-state index in [1.165, 1.54) is 11.3 Å². The van der Waals surface area contributed by atoms with E-state index in [1.54, 1.807) is 11.3 Å². The average molecular weight is 474 g/mol. The van der Waals surface area contributed by atoms with Gasteiger partial charge in [-0.1, -0.05) is 30.3 Å². The lowest BCUT2D eigenvalue weighted by Gasteiger charge is -2.36. The van der Waals surface area contributed by atoms with Gasteiger partial charge in [0, 0.05) is 49.0 Å². The third-order valence-corrected chi connectivity index (χ3v) is 7.81. The minimum Gasteiger partial charge on any atom is -0.375 e. The van der Waals surface area contributed by atoms with Gasteiger partial charge in [0.1, 0.15) is 10.7 Å². The number of piperazine rings is 1. The Morgan fingerprint density at radius 3 is 2.44 bits per heavy atom. The van der Waals surface area contributed by atoms with Gasteiger partial charge < -0.3 is 15.2 Å². The van der Waals surface area contributed by atoms with Crippen LogP contribution in [0.15, 0.2) is 59.4 Å². The molecule has 2 aromatic carbocycles. The standard InChI is InChI=1S/C27H31N5OS/c1-18-20(3)34-27-24(18)26(33)29-25(30-27)19(2)28-22-9-11-23(12-10-22)32-15-13-31(14-16-32)17-21-7-5-4-6-8-21/h4-12,19,28H,13-17H2,1-3H3,(H,29,30,33). The molecule has 0 spiro atoms. The predicted octanol–water partition coefficient (Wildman–Crippen LogP) is 5.10. The molecule has 0 saturated carbocycles. The van der Waals surface area contributed by atoms with Gasteiger partial charge in [0.2, 0.25) is 0 Å². The number of fused-ring (bicyclic) bond motifs is 1. The summed E-state index contributed by atoms with van der Waals surface area (Å²) in [5.74, 6) is 0.664. The predicted molar refractivity (Wildman–Crippen MR) is 142 cm³/mol. The highest BCUT2D eigenvalue weighted by Gasteiger charge is 2.18. The number of nitrogens with one attached hydrogen (secondary N) is 2. The topological polar surface area (TPSA) is 64.3 Å². The highest BCUT2D eigenvalue weighted by Crippen LogP contribution is 2.27. The van der Waals surface area contributed by atoms with Crippen LogP contribution in [0.2, 0.25) is 0 Å². The number of hydrogen-bond acceptors (Lipinski definition) is 6. The molecule has 1 atom stereocenters. The molecule has 1 unspecified atom stereocenters. The van der Waals surface area contributed by atoms with E-state index in [-0.39, 0.29) is 11.6 Å². The van der Waals surface area contributed by atoms with E-state index in [9.17, 15) is 4.79 Å². The van der Waals surface area contributed by atoms with Crippen molar-refractivity contribution in [1.29, 1.82) is 0 Å². The second-order valence-corrected chi connectivity index (χ2v) is 10.3. The number of rotatable bonds is 6. The quantitative estimate of drug-likeness (QED) is 0.408. The summed E-state index contributed by atoms with van der Waals surface area (Å²) in [6.07, 6.45) is 0. The van der Waals surface area contributed by atoms with Crippen LogP contribution in [0, 0.1) is 13.8 Å². The maximum atomic E-state index is 12.6. The van der Waals surface area contributed by atoms with E-state index < -0.39 is 0 Å². The highest BCUT2D eigenvalue weighted by atomic mass is 32.1. The van der Waals surface area contributed by atoms with Gasteiger partial charge in [0.25, 0.3) is 5.56 Å². The molecule has 7 heteroatoms. The maximum absolute atomic E-state index is 12.6. The molecule has 1 saturated heterocycles. The van der Waals surface area contributed by atoms with Crippen molar-refractivity contribution in [3.05, 3.63) is 86.8 Å². The minimum absolute atomic E-state index is 0.0581. The molecule has 6 nitrogen and oxygen atoms in total. The summed E-state index contributed by atoms with van der Waals surface area (Å²) >= 11 is 1.58. The fourth-order valence-electron chi connectivity index (χ4n) is 4.57. The molecular formula is C27H31N5OS. The van der Waals surface area contributed by atoms with E-state index in [1.807, 2.05) is 20.8 Å². The Kier molecular flexibility index (Phi) is 6.39. The van der Waals surface area contributed by atoms with Crippen LogP contribution in [0.5, 0.6) is 0 Å². The summed E-state index contributed by atoms with van der Waals surface area (Å²) in [5, 5.41) is 4.20. The van der Waals surface area contributed by atoms with Crippen molar-refractivity contribution >= 4 is 32.9 Å². The third-order valence-electron chi connectivity index (χ3n) is 6.70. The Morgan fingerprint density at radius 1 is 1.03 bits per heavy atom. The number of anilines is 2. The second-order valence-electron chi connectivity index (χ2n) is 9.08. The van der Waals surface area contributed by atoms with Crippen LogP contribution in [-0.2, 0) is 6.54 Å². The van der Waals surface area contributed by atoms with E-state index in [4.69, 9.17) is 4.98 Å². The molecule has 176 valence electrons. The Morgan fingerprint density at radius 2 is 1.74 bits per heavy atom. The molecule has 0 bridgehead atoms. The lowest BCUT2D eigenvalue weighted by molar-refractivity contribution is 0.250. The molecule has 1 fully saturated rings. The van der Waals surface area contributed by atoms with Gasteiger partial charge in [0.15, 0.2) is 0 Å². The average Bonchev–Trinajstić information content (AvgIpc) is 3.14. The van der Waals surface area contributed by atoms with Crippen molar-refractivity contribution in [2.75, 3.05) is 36.4 Å². The van der Waals surface area contributed by atoms with Crippen molar-refractivity contribution in [3.8, 4) is 0 Å². The Balaban J connectivity index is 1.20. The first-order valence-corrected chi connectivity index (χ1v) is 12.7. The van der Waals surface area contributed by atoms with Crippen LogP contribution in [0.1, 0.15) is 34.8 Å². The number of aromatic amines is 1. The van der Waals surface area contributed by atoms with Gasteiger partial charge >= 0.3 is 0 Å². The summed E-state index contributed by atoms with van der Waals surface area (Å²) in [4.78, 5) is 27.2. The van der Waals surface area contributed by atoms with Crippen LogP contribution < -0.4 is 15.8 Å². The van der Waals surface area contributed by atoms with Gasteiger partial charge in [-0.05, 0) is 56.2 Å². The van der Waals surface area contributed by atoms with Crippen molar-refractivity contribution in [2.24, 2.45) is 0 Å². The summed E-state index contributed by atoms with van der Waals surface area (Å²) in [7, 11) is 0. The molecule has 4 aromatic rings. The number of hydrogen-bond donors (Lipinski definition) is 2. The Bertz CT molecular complexity index is 1320. The number of aryl methyl sites for hydroxylation is 2. The zero-order valence-corrected chi connectivity index (χ0v) is 20.8. The van der Waals surface area contributed by atoms with Crippen LogP contribution >= 0.6 is 11.3 Å². The van der Waals surface area contributed by atoms with Gasteiger partial charge in [-0.2, -0.15) is 0 Å². The fraction of sp³-hybridized carbons (Fsp3) is 0.333. The highest BCUT2D eigenvalue weighted by molar-refractivity contribution is 7.18. The summed E-state index contributed by atoms with van der Waals surface area (Å²) in [6.45, 7) is 11.2. The molecule has 5 rings (SSSR count). The molecule has 1 aliphatic heterocycles. The first kappa shape index (κ1) is 22.6. The van der Waals surface area contributed by atoms with Crippen LogP contribution in [0.25, 0.3) is 10.2 Å². The molecule has 2 aromatic heterocycles. The molecular weight excluding hydrogens is 442 g/mol. The number of benzene rings is 2. The van der Waals surface area contributed by atoms with Crippen molar-refractivity contribution in [2.45, 2.75) is 33.4 Å². The van der Waals surface area contributed by atoms with E-state index in [0.29, 0.717) is 11.2 Å². The first-order valence-electron chi connectivity index (χ1n) is 11.9. The number of H-pyrrole nitrogens is 1. The van der Waals surface area contributed by atoms with E-state index >= 15 is 0 Å². The minimum atomic E-state index is -0.104.